The summed E-state index contributed by atoms with van der Waals surface area (Å²) in [7, 11) is 0. The standard InChI is InChI=1S/C16H21NO2/c1-6-11-17(15(19)12(2)18)14-10-8-7-9-13(14)16(3,4)5/h6-10H,1,11H2,2-5H3. The van der Waals surface area contributed by atoms with Crippen molar-refractivity contribution in [3.05, 3.63) is 42.5 Å². The van der Waals surface area contributed by atoms with Crippen LogP contribution in [0.2, 0.25) is 0 Å². The number of rotatable bonds is 4. The maximum atomic E-state index is 12.0. The molecular formula is C16H21NO2. The third-order valence-corrected chi connectivity index (χ3v) is 2.86. The van der Waals surface area contributed by atoms with Crippen LogP contribution in [0.15, 0.2) is 36.9 Å². The van der Waals surface area contributed by atoms with Gasteiger partial charge in [-0.15, -0.1) is 6.58 Å². The molecule has 1 aromatic carbocycles. The lowest BCUT2D eigenvalue weighted by Gasteiger charge is -2.29. The molecule has 0 N–H and O–H groups in total. The van der Waals surface area contributed by atoms with Gasteiger partial charge in [0.2, 0.25) is 5.78 Å². The van der Waals surface area contributed by atoms with E-state index >= 15 is 0 Å². The topological polar surface area (TPSA) is 37.4 Å². The van der Waals surface area contributed by atoms with Gasteiger partial charge >= 0.3 is 0 Å². The largest absolute Gasteiger partial charge is 0.302 e. The van der Waals surface area contributed by atoms with Gasteiger partial charge in [-0.25, -0.2) is 0 Å². The van der Waals surface area contributed by atoms with Gasteiger partial charge in [-0.1, -0.05) is 45.0 Å². The maximum Gasteiger partial charge on any atom is 0.294 e. The average molecular weight is 259 g/mol. The Morgan fingerprint density at radius 2 is 1.84 bits per heavy atom. The molecule has 0 aliphatic rings. The Labute approximate surface area is 114 Å². The van der Waals surface area contributed by atoms with Gasteiger partial charge in [0.05, 0.1) is 0 Å². The van der Waals surface area contributed by atoms with Crippen LogP contribution in [0.25, 0.3) is 0 Å². The van der Waals surface area contributed by atoms with E-state index in [4.69, 9.17) is 0 Å². The van der Waals surface area contributed by atoms with E-state index in [1.807, 2.05) is 24.3 Å². The Bertz CT molecular complexity index is 498. The van der Waals surface area contributed by atoms with Gasteiger partial charge < -0.3 is 4.90 Å². The molecule has 0 aromatic heterocycles. The zero-order chi connectivity index (χ0) is 14.6. The predicted octanol–water partition coefficient (Wildman–Crippen LogP) is 3.09. The average Bonchev–Trinajstić information content (AvgIpc) is 2.34. The first kappa shape index (κ1) is 15.2. The van der Waals surface area contributed by atoms with Crippen molar-refractivity contribution in [1.82, 2.24) is 0 Å². The zero-order valence-corrected chi connectivity index (χ0v) is 12.1. The third-order valence-electron chi connectivity index (χ3n) is 2.86. The van der Waals surface area contributed by atoms with E-state index in [9.17, 15) is 9.59 Å². The van der Waals surface area contributed by atoms with Crippen LogP contribution in [0.3, 0.4) is 0 Å². The van der Waals surface area contributed by atoms with Gasteiger partial charge in [0.1, 0.15) is 0 Å². The summed E-state index contributed by atoms with van der Waals surface area (Å²) in [5.74, 6) is -0.970. The first-order valence-corrected chi connectivity index (χ1v) is 6.32. The number of carbonyl (C=O) groups is 2. The van der Waals surface area contributed by atoms with Crippen LogP contribution in [0.1, 0.15) is 33.3 Å². The van der Waals surface area contributed by atoms with Crippen molar-refractivity contribution < 1.29 is 9.59 Å². The maximum absolute atomic E-state index is 12.0. The summed E-state index contributed by atoms with van der Waals surface area (Å²) in [6, 6.07) is 7.66. The molecule has 0 saturated heterocycles. The molecule has 0 aliphatic carbocycles. The van der Waals surface area contributed by atoms with E-state index in [0.717, 1.165) is 11.3 Å². The van der Waals surface area contributed by atoms with Crippen LogP contribution in [-0.4, -0.2) is 18.2 Å². The van der Waals surface area contributed by atoms with Gasteiger partial charge in [0, 0.05) is 19.2 Å². The second-order valence-electron chi connectivity index (χ2n) is 5.53. The number of Topliss-reactive ketones (excluding diaryl/α,β-unsaturated/α-hetero) is 1. The molecule has 0 saturated carbocycles. The van der Waals surface area contributed by atoms with Crippen LogP contribution in [-0.2, 0) is 15.0 Å². The SMILES string of the molecule is C=CCN(C(=O)C(C)=O)c1ccccc1C(C)(C)C. The van der Waals surface area contributed by atoms with E-state index in [1.165, 1.54) is 11.8 Å². The first-order chi connectivity index (χ1) is 8.79. The van der Waals surface area contributed by atoms with Crippen molar-refractivity contribution in [2.45, 2.75) is 33.1 Å². The van der Waals surface area contributed by atoms with Gasteiger partial charge in [0.25, 0.3) is 5.91 Å². The fourth-order valence-corrected chi connectivity index (χ4v) is 1.95. The van der Waals surface area contributed by atoms with E-state index in [2.05, 4.69) is 27.4 Å². The molecule has 0 unspecified atom stereocenters. The van der Waals surface area contributed by atoms with Crippen molar-refractivity contribution in [2.24, 2.45) is 0 Å². The van der Waals surface area contributed by atoms with Crippen LogP contribution in [0.4, 0.5) is 5.69 Å². The van der Waals surface area contributed by atoms with Gasteiger partial charge in [-0.2, -0.15) is 0 Å². The van der Waals surface area contributed by atoms with Crippen molar-refractivity contribution in [1.29, 1.82) is 0 Å². The van der Waals surface area contributed by atoms with E-state index < -0.39 is 11.7 Å². The molecule has 102 valence electrons. The van der Waals surface area contributed by atoms with Crippen LogP contribution in [0.5, 0.6) is 0 Å². The number of para-hydroxylation sites is 1. The normalized spacial score (nSPS) is 10.9. The quantitative estimate of drug-likeness (QED) is 0.615. The number of hydrogen-bond donors (Lipinski definition) is 0. The van der Waals surface area contributed by atoms with Crippen molar-refractivity contribution in [3.63, 3.8) is 0 Å². The minimum Gasteiger partial charge on any atom is -0.302 e. The molecule has 0 heterocycles. The van der Waals surface area contributed by atoms with Crippen LogP contribution in [0, 0.1) is 0 Å². The van der Waals surface area contributed by atoms with E-state index in [-0.39, 0.29) is 5.41 Å². The highest BCUT2D eigenvalue weighted by atomic mass is 16.2. The second kappa shape index (κ2) is 5.83. The highest BCUT2D eigenvalue weighted by Gasteiger charge is 2.25. The predicted molar refractivity (Wildman–Crippen MR) is 78.4 cm³/mol. The van der Waals surface area contributed by atoms with Crippen LogP contribution >= 0.6 is 0 Å². The Kier molecular flexibility index (Phi) is 4.65. The number of nitrogens with zero attached hydrogens (tertiary/aromatic N) is 1. The molecule has 19 heavy (non-hydrogen) atoms. The molecule has 0 atom stereocenters. The summed E-state index contributed by atoms with van der Waals surface area (Å²) in [6.45, 7) is 11.5. The lowest BCUT2D eigenvalue weighted by atomic mass is 9.85. The molecule has 3 heteroatoms. The van der Waals surface area contributed by atoms with E-state index in [1.54, 1.807) is 6.08 Å². The summed E-state index contributed by atoms with van der Waals surface area (Å²) in [6.07, 6.45) is 1.63. The summed E-state index contributed by atoms with van der Waals surface area (Å²) in [4.78, 5) is 24.9. The summed E-state index contributed by atoms with van der Waals surface area (Å²) < 4.78 is 0. The van der Waals surface area contributed by atoms with E-state index in [0.29, 0.717) is 6.54 Å². The molecule has 0 radical (unpaired) electrons. The summed E-state index contributed by atoms with van der Waals surface area (Å²) in [5.41, 5.74) is 1.70. The van der Waals surface area contributed by atoms with Crippen LogP contribution < -0.4 is 4.90 Å². The molecule has 0 bridgehead atoms. The van der Waals surface area contributed by atoms with Gasteiger partial charge in [-0.05, 0) is 17.0 Å². The first-order valence-electron chi connectivity index (χ1n) is 6.32. The molecule has 0 spiro atoms. The molecule has 1 amide bonds. The Balaban J connectivity index is 3.35. The molecule has 0 fully saturated rings. The monoisotopic (exact) mass is 259 g/mol. The molecule has 1 aromatic rings. The number of amides is 1. The lowest BCUT2D eigenvalue weighted by molar-refractivity contribution is -0.134. The fraction of sp³-hybridized carbons (Fsp3) is 0.375. The van der Waals surface area contributed by atoms with Crippen molar-refractivity contribution in [2.75, 3.05) is 11.4 Å². The summed E-state index contributed by atoms with van der Waals surface area (Å²) in [5, 5.41) is 0. The molecular weight excluding hydrogens is 238 g/mol. The number of anilines is 1. The van der Waals surface area contributed by atoms with Gasteiger partial charge in [-0.3, -0.25) is 9.59 Å². The smallest absolute Gasteiger partial charge is 0.294 e. The zero-order valence-electron chi connectivity index (χ0n) is 12.1. The minimum absolute atomic E-state index is 0.104. The highest BCUT2D eigenvalue weighted by Crippen LogP contribution is 2.31. The molecule has 1 rings (SSSR count). The third kappa shape index (κ3) is 3.53. The highest BCUT2D eigenvalue weighted by molar-refractivity contribution is 6.40. The number of hydrogen-bond acceptors (Lipinski definition) is 2. The lowest BCUT2D eigenvalue weighted by Crippen LogP contribution is -2.37. The molecule has 3 nitrogen and oxygen atoms in total. The number of benzene rings is 1. The minimum atomic E-state index is -0.503. The number of ketones is 1. The Morgan fingerprint density at radius 1 is 1.26 bits per heavy atom. The molecule has 0 aliphatic heterocycles. The van der Waals surface area contributed by atoms with Gasteiger partial charge in [0.15, 0.2) is 0 Å². The Hall–Kier alpha value is -1.90. The van der Waals surface area contributed by atoms with Crippen molar-refractivity contribution >= 4 is 17.4 Å². The van der Waals surface area contributed by atoms with Crippen molar-refractivity contribution in [3.8, 4) is 0 Å². The summed E-state index contributed by atoms with van der Waals surface area (Å²) >= 11 is 0. The Morgan fingerprint density at radius 3 is 2.32 bits per heavy atom. The fourth-order valence-electron chi connectivity index (χ4n) is 1.95. The second-order valence-corrected chi connectivity index (χ2v) is 5.53. The number of carbonyl (C=O) groups excluding carboxylic acids is 2.